The van der Waals surface area contributed by atoms with Crippen molar-refractivity contribution in [3.63, 3.8) is 0 Å². The van der Waals surface area contributed by atoms with Crippen LogP contribution in [0, 0.1) is 5.92 Å². The molecule has 64 heavy (non-hydrogen) atoms. The molecule has 5 fully saturated rings. The molecule has 4 N–H and O–H groups in total. The fourth-order valence-electron chi connectivity index (χ4n) is 10.1. The maximum atomic E-state index is 14.7. The van der Waals surface area contributed by atoms with Crippen LogP contribution in [0.5, 0.6) is 0 Å². The van der Waals surface area contributed by atoms with Gasteiger partial charge in [0.1, 0.15) is 6.04 Å². The maximum Gasteiger partial charge on any atom is 0.418 e. The second-order valence-corrected chi connectivity index (χ2v) is 17.6. The number of urea groups is 1. The molecule has 3 aromatic rings. The van der Waals surface area contributed by atoms with Gasteiger partial charge in [0, 0.05) is 101 Å². The topological polar surface area (TPSA) is 211 Å². The zero-order chi connectivity index (χ0) is 45.0. The number of nitrogens with two attached hydrogens (primary N) is 1. The number of amides is 7. The smallest absolute Gasteiger partial charge is 0.371 e. The number of alkyl halides is 3. The number of hydrogen-bond donors (Lipinski definition) is 3. The summed E-state index contributed by atoms with van der Waals surface area (Å²) in [6.07, 6.45) is -0.755. The van der Waals surface area contributed by atoms with Crippen LogP contribution in [-0.2, 0) is 15.8 Å². The molecule has 18 nitrogen and oxygen atoms in total. The van der Waals surface area contributed by atoms with Crippen LogP contribution in [0.25, 0.3) is 0 Å². The van der Waals surface area contributed by atoms with E-state index in [0.717, 1.165) is 48.9 Å². The molecule has 3 unspecified atom stereocenters. The van der Waals surface area contributed by atoms with Crippen LogP contribution >= 0.6 is 0 Å². The molecule has 1 aliphatic carbocycles. The Kier molecular flexibility index (Phi) is 11.4. The third kappa shape index (κ3) is 8.27. The molecular weight excluding hydrogens is 838 g/mol. The summed E-state index contributed by atoms with van der Waals surface area (Å²) < 4.78 is 44.2. The Morgan fingerprint density at radius 2 is 1.66 bits per heavy atom. The van der Waals surface area contributed by atoms with Gasteiger partial charge in [-0.15, -0.1) is 10.2 Å². The number of nitrogens with zero attached hydrogens (tertiary/aromatic N) is 9. The second kappa shape index (κ2) is 17.0. The number of primary amides is 1. The fraction of sp³-hybridized carbons (Fsp3) is 0.512. The Balaban J connectivity index is 0.824. The van der Waals surface area contributed by atoms with E-state index in [0.29, 0.717) is 64.6 Å². The van der Waals surface area contributed by atoms with Crippen molar-refractivity contribution in [1.29, 1.82) is 0 Å². The summed E-state index contributed by atoms with van der Waals surface area (Å²) in [4.78, 5) is 90.9. The van der Waals surface area contributed by atoms with Gasteiger partial charge in [0.25, 0.3) is 17.7 Å². The van der Waals surface area contributed by atoms with Crippen LogP contribution in [-0.4, -0.2) is 148 Å². The summed E-state index contributed by atoms with van der Waals surface area (Å²) in [6.45, 7) is 5.21. The SMILES string of the molecule is CN1CCN([C@@H]2CCCC(c3nnc(C(N)=O)c(Nc4ccc(N5CCN(CC6CCN(c7ccc8c(c7)C(=O)N(C7CCC(=O)NC7=O)C8=O)C6)CC5)c(C(F)(F)F)c4)n3)C2)C1=O. The van der Waals surface area contributed by atoms with Gasteiger partial charge in [0.15, 0.2) is 17.3 Å². The van der Waals surface area contributed by atoms with Gasteiger partial charge in [0.05, 0.1) is 16.7 Å². The maximum absolute atomic E-state index is 14.7. The van der Waals surface area contributed by atoms with Gasteiger partial charge in [-0.2, -0.15) is 13.2 Å². The number of anilines is 4. The van der Waals surface area contributed by atoms with Crippen LogP contribution < -0.4 is 26.2 Å². The van der Waals surface area contributed by atoms with E-state index >= 15 is 0 Å². The number of benzene rings is 2. The van der Waals surface area contributed by atoms with Crippen molar-refractivity contribution in [2.45, 2.75) is 69.1 Å². The van der Waals surface area contributed by atoms with Gasteiger partial charge in [0.2, 0.25) is 11.8 Å². The van der Waals surface area contributed by atoms with Crippen LogP contribution in [0.1, 0.15) is 93.5 Å². The first-order chi connectivity index (χ1) is 30.6. The second-order valence-electron chi connectivity index (χ2n) is 17.6. The van der Waals surface area contributed by atoms with E-state index in [9.17, 15) is 41.9 Å². The lowest BCUT2D eigenvalue weighted by atomic mass is 9.84. The van der Waals surface area contributed by atoms with Crippen molar-refractivity contribution >= 4 is 58.4 Å². The standard InChI is InChI=1S/C43H49F3N12O6/c1-53-13-18-57(42(53)64)28-4-2-3-25(19-28)37-50-38(35(36(47)60)51-52-37)48-26-5-8-32(31(20-26)43(44,45)46)55-16-14-54(15-17-55)22-24-11-12-56(23-24)27-6-7-29-30(21-27)41(63)58(40(29)62)33-9-10-34(59)49-39(33)61/h5-8,20-21,24-25,28,33H,2-4,9-19,22-23H2,1H3,(H2,47,60)(H,48,50,52)(H,49,59,61)/t24?,25?,28-,33?/m1/s1. The lowest BCUT2D eigenvalue weighted by Gasteiger charge is -2.38. The predicted molar refractivity (Wildman–Crippen MR) is 225 cm³/mol. The van der Waals surface area contributed by atoms with Crippen molar-refractivity contribution < 1.29 is 41.9 Å². The fourth-order valence-corrected chi connectivity index (χ4v) is 10.1. The van der Waals surface area contributed by atoms with E-state index < -0.39 is 47.3 Å². The molecular formula is C43H49F3N12O6. The average molecular weight is 887 g/mol. The van der Waals surface area contributed by atoms with Crippen molar-refractivity contribution in [2.24, 2.45) is 11.7 Å². The summed E-state index contributed by atoms with van der Waals surface area (Å²) in [5.41, 5.74) is 5.76. The predicted octanol–water partition coefficient (Wildman–Crippen LogP) is 3.18. The molecule has 7 amide bonds. The van der Waals surface area contributed by atoms with Crippen molar-refractivity contribution in [3.05, 3.63) is 64.6 Å². The van der Waals surface area contributed by atoms with Gasteiger partial charge >= 0.3 is 12.2 Å². The van der Waals surface area contributed by atoms with Gasteiger partial charge in [-0.25, -0.2) is 9.78 Å². The first-order valence-corrected chi connectivity index (χ1v) is 21.7. The van der Waals surface area contributed by atoms with Gasteiger partial charge in [-0.3, -0.25) is 39.1 Å². The summed E-state index contributed by atoms with van der Waals surface area (Å²) in [5, 5.41) is 13.3. The zero-order valence-electron chi connectivity index (χ0n) is 35.3. The van der Waals surface area contributed by atoms with Crippen molar-refractivity contribution in [3.8, 4) is 0 Å². The third-order valence-corrected chi connectivity index (χ3v) is 13.5. The lowest BCUT2D eigenvalue weighted by Crippen LogP contribution is -2.54. The Bertz CT molecular complexity index is 2410. The molecule has 5 aliphatic heterocycles. The number of carbonyl (C=O) groups is 6. The molecule has 21 heteroatoms. The highest BCUT2D eigenvalue weighted by molar-refractivity contribution is 6.23. The number of piperidine rings is 1. The van der Waals surface area contributed by atoms with E-state index in [1.807, 2.05) is 4.90 Å². The number of nitrogens with one attached hydrogen (secondary N) is 2. The highest BCUT2D eigenvalue weighted by Gasteiger charge is 2.45. The van der Waals surface area contributed by atoms with Crippen LogP contribution in [0.4, 0.5) is 40.8 Å². The lowest BCUT2D eigenvalue weighted by molar-refractivity contribution is -0.137. The third-order valence-electron chi connectivity index (χ3n) is 13.5. The minimum absolute atomic E-state index is 0.0157. The van der Waals surface area contributed by atoms with E-state index in [-0.39, 0.29) is 70.8 Å². The van der Waals surface area contributed by atoms with E-state index in [2.05, 4.69) is 35.6 Å². The zero-order valence-corrected chi connectivity index (χ0v) is 35.3. The highest BCUT2D eigenvalue weighted by Crippen LogP contribution is 2.40. The molecule has 1 saturated carbocycles. The molecule has 0 bridgehead atoms. The Morgan fingerprint density at radius 1 is 0.875 bits per heavy atom. The molecule has 0 radical (unpaired) electrons. The molecule has 6 heterocycles. The van der Waals surface area contributed by atoms with Crippen molar-refractivity contribution in [2.75, 3.05) is 81.1 Å². The number of likely N-dealkylation sites (N-methyl/N-ethyl adjacent to an activating group) is 1. The largest absolute Gasteiger partial charge is 0.418 e. The highest BCUT2D eigenvalue weighted by atomic mass is 19.4. The van der Waals surface area contributed by atoms with E-state index in [1.165, 1.54) is 12.1 Å². The van der Waals surface area contributed by atoms with Crippen LogP contribution in [0.15, 0.2) is 36.4 Å². The number of hydrogen-bond acceptors (Lipinski definition) is 13. The molecule has 0 spiro atoms. The Morgan fingerprint density at radius 3 is 2.38 bits per heavy atom. The minimum atomic E-state index is -4.70. The number of fused-ring (bicyclic) bond motifs is 1. The summed E-state index contributed by atoms with van der Waals surface area (Å²) >= 11 is 0. The van der Waals surface area contributed by atoms with Crippen molar-refractivity contribution in [1.82, 2.24) is 40.1 Å². The normalized spacial score (nSPS) is 24.5. The number of carbonyl (C=O) groups excluding carboxylic acids is 6. The summed E-state index contributed by atoms with van der Waals surface area (Å²) in [5.74, 6) is -2.85. The molecule has 338 valence electrons. The Labute approximate surface area is 366 Å². The molecule has 1 aromatic heterocycles. The first-order valence-electron chi connectivity index (χ1n) is 21.7. The summed E-state index contributed by atoms with van der Waals surface area (Å²) in [6, 6.07) is 7.93. The van der Waals surface area contributed by atoms with Gasteiger partial charge in [-0.1, -0.05) is 6.42 Å². The molecule has 6 aliphatic rings. The van der Waals surface area contributed by atoms with Gasteiger partial charge < -0.3 is 30.7 Å². The number of piperazine rings is 1. The van der Waals surface area contributed by atoms with E-state index in [4.69, 9.17) is 5.73 Å². The number of aromatic nitrogens is 3. The monoisotopic (exact) mass is 886 g/mol. The Hall–Kier alpha value is -6.38. The minimum Gasteiger partial charge on any atom is -0.371 e. The first kappa shape index (κ1) is 42.9. The van der Waals surface area contributed by atoms with Crippen LogP contribution in [0.3, 0.4) is 0 Å². The average Bonchev–Trinajstić information content (AvgIpc) is 3.95. The summed E-state index contributed by atoms with van der Waals surface area (Å²) in [7, 11) is 1.76. The quantitative estimate of drug-likeness (QED) is 0.250. The number of halogens is 3. The molecule has 4 saturated heterocycles. The van der Waals surface area contributed by atoms with Crippen LogP contribution in [0.2, 0.25) is 0 Å². The molecule has 9 rings (SSSR count). The number of imide groups is 2. The number of rotatable bonds is 10. The van der Waals surface area contributed by atoms with Gasteiger partial charge in [-0.05, 0) is 74.4 Å². The molecule has 2 aromatic carbocycles. The van der Waals surface area contributed by atoms with E-state index in [1.54, 1.807) is 35.0 Å². The molecule has 4 atom stereocenters.